The largest absolute Gasteiger partial charge is 0.390 e. The van der Waals surface area contributed by atoms with Crippen LogP contribution in [0.1, 0.15) is 40.9 Å². The SMILES string of the molecule is Cc1cc(C)c2ccc(C(=O)N3CCC4(CC3)OCC[C@H](O)[C@@H]4O)cc2n1. The highest BCUT2D eigenvalue weighted by molar-refractivity contribution is 5.98. The van der Waals surface area contributed by atoms with Crippen LogP contribution < -0.4 is 0 Å². The summed E-state index contributed by atoms with van der Waals surface area (Å²) in [6, 6.07) is 7.71. The molecular formula is C21H26N2O4. The van der Waals surface area contributed by atoms with Gasteiger partial charge in [0.15, 0.2) is 0 Å². The maximum atomic E-state index is 13.0. The fourth-order valence-corrected chi connectivity index (χ4v) is 4.39. The minimum atomic E-state index is -0.890. The molecule has 2 fully saturated rings. The second kappa shape index (κ2) is 6.86. The summed E-state index contributed by atoms with van der Waals surface area (Å²) < 4.78 is 5.85. The molecule has 2 atom stereocenters. The molecule has 2 N–H and O–H groups in total. The molecule has 6 nitrogen and oxygen atoms in total. The van der Waals surface area contributed by atoms with Gasteiger partial charge < -0.3 is 19.8 Å². The summed E-state index contributed by atoms with van der Waals surface area (Å²) in [7, 11) is 0. The van der Waals surface area contributed by atoms with Crippen molar-refractivity contribution in [1.82, 2.24) is 9.88 Å². The Morgan fingerprint density at radius 1 is 1.22 bits per heavy atom. The molecule has 144 valence electrons. The van der Waals surface area contributed by atoms with Crippen LogP contribution in [0.4, 0.5) is 0 Å². The predicted octanol–water partition coefficient (Wildman–Crippen LogP) is 1.97. The number of aryl methyl sites for hydroxylation is 2. The van der Waals surface area contributed by atoms with Crippen LogP contribution in [-0.2, 0) is 4.74 Å². The molecular weight excluding hydrogens is 344 g/mol. The number of hydrogen-bond acceptors (Lipinski definition) is 5. The van der Waals surface area contributed by atoms with E-state index >= 15 is 0 Å². The summed E-state index contributed by atoms with van der Waals surface area (Å²) in [5.74, 6) is -0.0291. The van der Waals surface area contributed by atoms with Crippen molar-refractivity contribution in [2.24, 2.45) is 0 Å². The zero-order valence-electron chi connectivity index (χ0n) is 15.8. The molecule has 0 saturated carbocycles. The van der Waals surface area contributed by atoms with Gasteiger partial charge in [-0.2, -0.15) is 0 Å². The van der Waals surface area contributed by atoms with Gasteiger partial charge in [-0.05, 0) is 56.9 Å². The summed E-state index contributed by atoms with van der Waals surface area (Å²) in [4.78, 5) is 19.3. The number of pyridine rings is 1. The number of fused-ring (bicyclic) bond motifs is 1. The second-order valence-electron chi connectivity index (χ2n) is 7.82. The van der Waals surface area contributed by atoms with Gasteiger partial charge in [-0.25, -0.2) is 0 Å². The second-order valence-corrected chi connectivity index (χ2v) is 7.82. The Kier molecular flexibility index (Phi) is 4.66. The molecule has 0 aliphatic carbocycles. The van der Waals surface area contributed by atoms with Crippen molar-refractivity contribution in [1.29, 1.82) is 0 Å². The molecule has 2 aliphatic rings. The number of aromatic nitrogens is 1. The molecule has 1 spiro atoms. The molecule has 3 heterocycles. The van der Waals surface area contributed by atoms with Crippen LogP contribution in [0.25, 0.3) is 10.9 Å². The first-order valence-corrected chi connectivity index (χ1v) is 9.57. The smallest absolute Gasteiger partial charge is 0.253 e. The van der Waals surface area contributed by atoms with E-state index < -0.39 is 17.8 Å². The lowest BCUT2D eigenvalue weighted by molar-refractivity contribution is -0.212. The summed E-state index contributed by atoms with van der Waals surface area (Å²) in [5, 5.41) is 21.4. The molecule has 0 unspecified atom stereocenters. The Hall–Kier alpha value is -2.02. The van der Waals surface area contributed by atoms with E-state index in [2.05, 4.69) is 4.98 Å². The molecule has 1 aromatic carbocycles. The highest BCUT2D eigenvalue weighted by atomic mass is 16.5. The third-order valence-corrected chi connectivity index (χ3v) is 6.00. The van der Waals surface area contributed by atoms with E-state index in [1.54, 1.807) is 4.90 Å². The Morgan fingerprint density at radius 2 is 1.96 bits per heavy atom. The molecule has 0 radical (unpaired) electrons. The minimum absolute atomic E-state index is 0.0291. The van der Waals surface area contributed by atoms with Crippen LogP contribution in [0.2, 0.25) is 0 Å². The number of aliphatic hydroxyl groups excluding tert-OH is 2. The maximum Gasteiger partial charge on any atom is 0.253 e. The van der Waals surface area contributed by atoms with Crippen molar-refractivity contribution < 1.29 is 19.7 Å². The zero-order valence-corrected chi connectivity index (χ0v) is 15.8. The standard InChI is InChI=1S/C21H26N2O4/c1-13-11-14(2)22-17-12-15(3-4-16(13)17)20(26)23-8-6-21(7-9-23)19(25)18(24)5-10-27-21/h3-4,11-12,18-19,24-25H,5-10H2,1-2H3/t18-,19-/m0/s1. The average Bonchev–Trinajstić information content (AvgIpc) is 2.65. The lowest BCUT2D eigenvalue weighted by Gasteiger charge is -2.48. The van der Waals surface area contributed by atoms with Gasteiger partial charge in [0.25, 0.3) is 5.91 Å². The number of nitrogens with zero attached hydrogens (tertiary/aromatic N) is 2. The van der Waals surface area contributed by atoms with Crippen LogP contribution in [0, 0.1) is 13.8 Å². The molecule has 27 heavy (non-hydrogen) atoms. The Morgan fingerprint density at radius 3 is 2.70 bits per heavy atom. The number of piperidine rings is 1. The van der Waals surface area contributed by atoms with Crippen molar-refractivity contribution in [3.8, 4) is 0 Å². The summed E-state index contributed by atoms with van der Waals surface area (Å²) >= 11 is 0. The van der Waals surface area contributed by atoms with E-state index in [1.807, 2.05) is 38.1 Å². The van der Waals surface area contributed by atoms with Crippen molar-refractivity contribution in [3.05, 3.63) is 41.1 Å². The van der Waals surface area contributed by atoms with Gasteiger partial charge in [0.1, 0.15) is 6.10 Å². The van der Waals surface area contributed by atoms with Crippen molar-refractivity contribution >= 4 is 16.8 Å². The van der Waals surface area contributed by atoms with Gasteiger partial charge >= 0.3 is 0 Å². The van der Waals surface area contributed by atoms with Crippen LogP contribution in [0.15, 0.2) is 24.3 Å². The van der Waals surface area contributed by atoms with Crippen LogP contribution in [-0.4, -0.2) is 63.5 Å². The normalized spacial score (nSPS) is 25.1. The summed E-state index contributed by atoms with van der Waals surface area (Å²) in [6.45, 7) is 5.45. The van der Waals surface area contributed by atoms with Gasteiger partial charge in [0, 0.05) is 29.7 Å². The number of benzene rings is 1. The van der Waals surface area contributed by atoms with Gasteiger partial charge in [-0.15, -0.1) is 0 Å². The minimum Gasteiger partial charge on any atom is -0.390 e. The molecule has 2 aliphatic heterocycles. The summed E-state index contributed by atoms with van der Waals surface area (Å²) in [5.41, 5.74) is 2.82. The molecule has 1 aromatic heterocycles. The van der Waals surface area contributed by atoms with Crippen molar-refractivity contribution in [3.63, 3.8) is 0 Å². The van der Waals surface area contributed by atoms with E-state index in [0.29, 0.717) is 44.5 Å². The number of amides is 1. The number of likely N-dealkylation sites (tertiary alicyclic amines) is 1. The van der Waals surface area contributed by atoms with Crippen LogP contribution >= 0.6 is 0 Å². The van der Waals surface area contributed by atoms with E-state index in [9.17, 15) is 15.0 Å². The molecule has 6 heteroatoms. The van der Waals surface area contributed by atoms with E-state index in [4.69, 9.17) is 4.74 Å². The fourth-order valence-electron chi connectivity index (χ4n) is 4.39. The van der Waals surface area contributed by atoms with E-state index in [1.165, 1.54) is 0 Å². The van der Waals surface area contributed by atoms with Crippen molar-refractivity contribution in [2.45, 2.75) is 50.9 Å². The van der Waals surface area contributed by atoms with Gasteiger partial charge in [-0.1, -0.05) is 6.07 Å². The average molecular weight is 370 g/mol. The Bertz CT molecular complexity index is 874. The Labute approximate surface area is 158 Å². The number of carbonyl (C=O) groups excluding carboxylic acids is 1. The van der Waals surface area contributed by atoms with Gasteiger partial charge in [-0.3, -0.25) is 9.78 Å². The van der Waals surface area contributed by atoms with Gasteiger partial charge in [0.05, 0.1) is 23.8 Å². The lowest BCUT2D eigenvalue weighted by Crippen LogP contribution is -2.60. The quantitative estimate of drug-likeness (QED) is 0.802. The van der Waals surface area contributed by atoms with Crippen LogP contribution in [0.3, 0.4) is 0 Å². The fraction of sp³-hybridized carbons (Fsp3) is 0.524. The topological polar surface area (TPSA) is 82.9 Å². The van der Waals surface area contributed by atoms with Crippen LogP contribution in [0.5, 0.6) is 0 Å². The Balaban J connectivity index is 1.52. The highest BCUT2D eigenvalue weighted by Gasteiger charge is 2.48. The highest BCUT2D eigenvalue weighted by Crippen LogP contribution is 2.36. The first kappa shape index (κ1) is 18.3. The van der Waals surface area contributed by atoms with Crippen molar-refractivity contribution in [2.75, 3.05) is 19.7 Å². The molecule has 2 saturated heterocycles. The zero-order chi connectivity index (χ0) is 19.2. The van der Waals surface area contributed by atoms with Gasteiger partial charge in [0.2, 0.25) is 0 Å². The number of carbonyl (C=O) groups is 1. The third-order valence-electron chi connectivity index (χ3n) is 6.00. The van der Waals surface area contributed by atoms with E-state index in [0.717, 1.165) is 22.2 Å². The first-order valence-electron chi connectivity index (χ1n) is 9.57. The van der Waals surface area contributed by atoms with E-state index in [-0.39, 0.29) is 5.91 Å². The number of hydrogen-bond donors (Lipinski definition) is 2. The summed E-state index contributed by atoms with van der Waals surface area (Å²) in [6.07, 6.45) is -0.130. The maximum absolute atomic E-state index is 13.0. The monoisotopic (exact) mass is 370 g/mol. The lowest BCUT2D eigenvalue weighted by atomic mass is 9.80. The first-order chi connectivity index (χ1) is 12.9. The number of aliphatic hydroxyl groups is 2. The molecule has 2 aromatic rings. The molecule has 4 rings (SSSR count). The third kappa shape index (κ3) is 3.22. The number of rotatable bonds is 1. The predicted molar refractivity (Wildman–Crippen MR) is 102 cm³/mol. The molecule has 1 amide bonds. The molecule has 0 bridgehead atoms. The number of ether oxygens (including phenoxy) is 1.